The Labute approximate surface area is 91.1 Å². The van der Waals surface area contributed by atoms with Gasteiger partial charge in [0.15, 0.2) is 4.73 Å². The van der Waals surface area contributed by atoms with E-state index < -0.39 is 0 Å². The quantitative estimate of drug-likeness (QED) is 0.806. The Morgan fingerprint density at radius 3 is 2.29 bits per heavy atom. The fraction of sp³-hybridized carbons (Fsp3) is 0.300. The van der Waals surface area contributed by atoms with Crippen LogP contribution in [0.3, 0.4) is 0 Å². The molecule has 0 aliphatic rings. The van der Waals surface area contributed by atoms with E-state index in [2.05, 4.69) is 43.9 Å². The van der Waals surface area contributed by atoms with Gasteiger partial charge in [-0.2, -0.15) is 0 Å². The van der Waals surface area contributed by atoms with Crippen molar-refractivity contribution in [2.45, 2.75) is 20.8 Å². The van der Waals surface area contributed by atoms with Gasteiger partial charge in [-0.25, -0.2) is 4.98 Å². The third kappa shape index (κ3) is 1.50. The molecular formula is C10H12BrN3. The molecule has 0 saturated carbocycles. The average Bonchev–Trinajstić information content (AvgIpc) is 2.55. The van der Waals surface area contributed by atoms with E-state index in [0.717, 1.165) is 27.5 Å². The third-order valence-electron chi connectivity index (χ3n) is 2.26. The zero-order valence-electron chi connectivity index (χ0n) is 8.40. The molecule has 0 saturated heterocycles. The van der Waals surface area contributed by atoms with Gasteiger partial charge in [-0.05, 0) is 42.8 Å². The summed E-state index contributed by atoms with van der Waals surface area (Å²) in [5, 5.41) is 0. The first-order valence-electron chi connectivity index (χ1n) is 4.46. The minimum Gasteiger partial charge on any atom is -0.362 e. The van der Waals surface area contributed by atoms with E-state index in [1.54, 1.807) is 0 Å². The van der Waals surface area contributed by atoms with Crippen LogP contribution in [0.5, 0.6) is 0 Å². The number of hydrogen-bond acceptors (Lipinski definition) is 1. The van der Waals surface area contributed by atoms with Crippen LogP contribution in [0.2, 0.25) is 0 Å². The summed E-state index contributed by atoms with van der Waals surface area (Å²) in [6.45, 7) is 6.13. The minimum atomic E-state index is 0.781. The second-order valence-corrected chi connectivity index (χ2v) is 4.24. The first-order chi connectivity index (χ1) is 6.58. The van der Waals surface area contributed by atoms with Gasteiger partial charge in [0.1, 0.15) is 0 Å². The highest BCUT2D eigenvalue weighted by atomic mass is 79.9. The normalized spacial score (nSPS) is 10.9. The number of hydrogen-bond donors (Lipinski definition) is 2. The van der Waals surface area contributed by atoms with Crippen molar-refractivity contribution in [3.8, 4) is 11.3 Å². The van der Waals surface area contributed by atoms with Crippen LogP contribution < -0.4 is 0 Å². The summed E-state index contributed by atoms with van der Waals surface area (Å²) in [6.07, 6.45) is 0. The Hall–Kier alpha value is -1.03. The molecule has 2 rings (SSSR count). The fourth-order valence-electron chi connectivity index (χ4n) is 1.66. The largest absolute Gasteiger partial charge is 0.362 e. The monoisotopic (exact) mass is 253 g/mol. The zero-order chi connectivity index (χ0) is 10.3. The lowest BCUT2D eigenvalue weighted by atomic mass is 10.1. The highest BCUT2D eigenvalue weighted by Gasteiger charge is 2.11. The van der Waals surface area contributed by atoms with Crippen molar-refractivity contribution < 1.29 is 0 Å². The number of nitrogens with one attached hydrogen (secondary N) is 2. The fourth-order valence-corrected chi connectivity index (χ4v) is 2.13. The molecule has 2 heterocycles. The SMILES string of the molecule is Cc1cc(-c2nc(Br)[nH]c2C)c(C)[nH]1. The van der Waals surface area contributed by atoms with Crippen LogP contribution in [-0.4, -0.2) is 15.0 Å². The topological polar surface area (TPSA) is 44.5 Å². The number of rotatable bonds is 1. The summed E-state index contributed by atoms with van der Waals surface area (Å²) in [7, 11) is 0. The van der Waals surface area contributed by atoms with Gasteiger partial charge in [-0.3, -0.25) is 0 Å². The van der Waals surface area contributed by atoms with Crippen LogP contribution >= 0.6 is 15.9 Å². The predicted molar refractivity (Wildman–Crippen MR) is 60.3 cm³/mol. The van der Waals surface area contributed by atoms with Gasteiger partial charge in [0.25, 0.3) is 0 Å². The van der Waals surface area contributed by atoms with Gasteiger partial charge in [0, 0.05) is 22.6 Å². The van der Waals surface area contributed by atoms with Crippen LogP contribution in [0, 0.1) is 20.8 Å². The summed E-state index contributed by atoms with van der Waals surface area (Å²) in [5.41, 5.74) is 5.58. The molecule has 0 aliphatic heterocycles. The van der Waals surface area contributed by atoms with Crippen LogP contribution in [0.4, 0.5) is 0 Å². The standard InChI is InChI=1S/C10H12BrN3/c1-5-4-8(6(2)12-5)9-7(3)13-10(11)14-9/h4,12H,1-3H3,(H,13,14). The molecule has 0 atom stereocenters. The minimum absolute atomic E-state index is 0.781. The number of nitrogens with zero attached hydrogens (tertiary/aromatic N) is 1. The third-order valence-corrected chi connectivity index (χ3v) is 2.64. The first kappa shape index (κ1) is 9.52. The molecule has 3 nitrogen and oxygen atoms in total. The Kier molecular flexibility index (Phi) is 2.23. The smallest absolute Gasteiger partial charge is 0.175 e. The maximum atomic E-state index is 4.40. The van der Waals surface area contributed by atoms with E-state index in [9.17, 15) is 0 Å². The first-order valence-corrected chi connectivity index (χ1v) is 5.26. The van der Waals surface area contributed by atoms with Crippen molar-refractivity contribution in [3.63, 3.8) is 0 Å². The van der Waals surface area contributed by atoms with Gasteiger partial charge in [0.2, 0.25) is 0 Å². The van der Waals surface area contributed by atoms with Gasteiger partial charge >= 0.3 is 0 Å². The van der Waals surface area contributed by atoms with Crippen molar-refractivity contribution in [2.24, 2.45) is 0 Å². The van der Waals surface area contributed by atoms with Gasteiger partial charge in [-0.1, -0.05) is 0 Å². The molecule has 0 fully saturated rings. The van der Waals surface area contributed by atoms with E-state index in [4.69, 9.17) is 0 Å². The molecule has 2 N–H and O–H groups in total. The molecular weight excluding hydrogens is 242 g/mol. The second kappa shape index (κ2) is 3.28. The van der Waals surface area contributed by atoms with Crippen molar-refractivity contribution >= 4 is 15.9 Å². The molecule has 0 unspecified atom stereocenters. The van der Waals surface area contributed by atoms with E-state index in [1.165, 1.54) is 5.56 Å². The maximum Gasteiger partial charge on any atom is 0.175 e. The molecule has 2 aromatic rings. The molecule has 0 bridgehead atoms. The lowest BCUT2D eigenvalue weighted by Crippen LogP contribution is -1.81. The molecule has 0 aliphatic carbocycles. The summed E-state index contributed by atoms with van der Waals surface area (Å²) < 4.78 is 0.781. The number of imidazole rings is 1. The van der Waals surface area contributed by atoms with Crippen LogP contribution in [-0.2, 0) is 0 Å². The number of H-pyrrole nitrogens is 2. The van der Waals surface area contributed by atoms with Gasteiger partial charge in [0.05, 0.1) is 5.69 Å². The molecule has 14 heavy (non-hydrogen) atoms. The van der Waals surface area contributed by atoms with E-state index in [-0.39, 0.29) is 0 Å². The molecule has 0 radical (unpaired) electrons. The average molecular weight is 254 g/mol. The summed E-state index contributed by atoms with van der Waals surface area (Å²) in [4.78, 5) is 10.8. The van der Waals surface area contributed by atoms with Gasteiger partial charge < -0.3 is 9.97 Å². The molecule has 4 heteroatoms. The highest BCUT2D eigenvalue weighted by Crippen LogP contribution is 2.26. The highest BCUT2D eigenvalue weighted by molar-refractivity contribution is 9.10. The molecule has 2 aromatic heterocycles. The van der Waals surface area contributed by atoms with Crippen LogP contribution in [0.25, 0.3) is 11.3 Å². The Morgan fingerprint density at radius 2 is 1.86 bits per heavy atom. The zero-order valence-corrected chi connectivity index (χ0v) is 9.99. The Morgan fingerprint density at radius 1 is 1.14 bits per heavy atom. The number of halogens is 1. The number of aromatic amines is 2. The Bertz CT molecular complexity index is 423. The molecule has 0 aromatic carbocycles. The summed E-state index contributed by atoms with van der Waals surface area (Å²) in [6, 6.07) is 2.12. The number of aromatic nitrogens is 3. The van der Waals surface area contributed by atoms with E-state index in [1.807, 2.05) is 13.8 Å². The lowest BCUT2D eigenvalue weighted by Gasteiger charge is -1.95. The summed E-state index contributed by atoms with van der Waals surface area (Å²) in [5.74, 6) is 0. The van der Waals surface area contributed by atoms with Crippen molar-refractivity contribution in [1.82, 2.24) is 15.0 Å². The molecule has 0 spiro atoms. The maximum absolute atomic E-state index is 4.40. The molecule has 0 amide bonds. The van der Waals surface area contributed by atoms with Crippen molar-refractivity contribution in [2.75, 3.05) is 0 Å². The van der Waals surface area contributed by atoms with Crippen LogP contribution in [0.1, 0.15) is 17.1 Å². The van der Waals surface area contributed by atoms with Crippen molar-refractivity contribution in [1.29, 1.82) is 0 Å². The molecule has 74 valence electrons. The van der Waals surface area contributed by atoms with E-state index in [0.29, 0.717) is 0 Å². The van der Waals surface area contributed by atoms with Gasteiger partial charge in [-0.15, -0.1) is 0 Å². The van der Waals surface area contributed by atoms with Crippen LogP contribution in [0.15, 0.2) is 10.8 Å². The van der Waals surface area contributed by atoms with E-state index >= 15 is 0 Å². The summed E-state index contributed by atoms with van der Waals surface area (Å²) >= 11 is 3.33. The lowest BCUT2D eigenvalue weighted by molar-refractivity contribution is 1.19. The second-order valence-electron chi connectivity index (χ2n) is 3.49. The predicted octanol–water partition coefficient (Wildman–Crippen LogP) is 3.09. The Balaban J connectivity index is 2.59. The number of aryl methyl sites for hydroxylation is 3. The van der Waals surface area contributed by atoms with Crippen molar-refractivity contribution in [3.05, 3.63) is 27.9 Å².